The van der Waals surface area contributed by atoms with Crippen LogP contribution in [0, 0.1) is 0 Å². The average molecular weight is 422 g/mol. The molecule has 0 unspecified atom stereocenters. The van der Waals surface area contributed by atoms with Crippen LogP contribution in [-0.4, -0.2) is 11.8 Å². The highest BCUT2D eigenvalue weighted by atomic mass is 16.2. The van der Waals surface area contributed by atoms with E-state index in [9.17, 15) is 9.59 Å². The van der Waals surface area contributed by atoms with Crippen LogP contribution < -0.4 is 16.0 Å². The van der Waals surface area contributed by atoms with Crippen molar-refractivity contribution in [2.45, 2.75) is 6.54 Å². The molecule has 4 aromatic carbocycles. The number of carbonyl (C=O) groups is 2. The molecule has 0 saturated carbocycles. The van der Waals surface area contributed by atoms with Gasteiger partial charge in [-0.3, -0.25) is 4.79 Å². The summed E-state index contributed by atoms with van der Waals surface area (Å²) in [5, 5.41) is 9.07. The number of amides is 2. The lowest BCUT2D eigenvalue weighted by atomic mass is 10.0. The van der Waals surface area contributed by atoms with E-state index in [0.29, 0.717) is 29.0 Å². The Kier molecular flexibility index (Phi) is 6.58. The summed E-state index contributed by atoms with van der Waals surface area (Å²) in [4.78, 5) is 25.4. The van der Waals surface area contributed by atoms with E-state index < -0.39 is 0 Å². The second-order valence-electron chi connectivity index (χ2n) is 7.20. The average Bonchev–Trinajstić information content (AvgIpc) is 2.84. The number of hydrogen-bond acceptors (Lipinski definition) is 3. The number of benzene rings is 4. The molecule has 3 N–H and O–H groups in total. The Balaban J connectivity index is 1.47. The summed E-state index contributed by atoms with van der Waals surface area (Å²) in [6, 6.07) is 33.2. The molecule has 4 aromatic rings. The number of hydrogen-bond donors (Lipinski definition) is 3. The van der Waals surface area contributed by atoms with E-state index in [1.807, 2.05) is 109 Å². The van der Waals surface area contributed by atoms with E-state index in [4.69, 9.17) is 0 Å². The quantitative estimate of drug-likeness (QED) is 0.312. The van der Waals surface area contributed by atoms with Crippen LogP contribution in [0.25, 0.3) is 0 Å². The number of carbonyl (C=O) groups excluding carboxylic acids is 2. The van der Waals surface area contributed by atoms with E-state index in [2.05, 4.69) is 16.0 Å². The van der Waals surface area contributed by atoms with Gasteiger partial charge in [-0.2, -0.15) is 0 Å². The van der Waals surface area contributed by atoms with Gasteiger partial charge in [0.1, 0.15) is 0 Å². The van der Waals surface area contributed by atoms with Gasteiger partial charge in [0.15, 0.2) is 5.78 Å². The maximum Gasteiger partial charge on any atom is 0.323 e. The number of urea groups is 1. The van der Waals surface area contributed by atoms with Crippen molar-refractivity contribution >= 4 is 28.9 Å². The van der Waals surface area contributed by atoms with Crippen LogP contribution in [0.5, 0.6) is 0 Å². The lowest BCUT2D eigenvalue weighted by Gasteiger charge is -2.15. The SMILES string of the molecule is O=C(Nc1ccccc1)Nc1ccccc1CNc1ccccc1C(=O)c1ccccc1. The van der Waals surface area contributed by atoms with Gasteiger partial charge in [-0.25, -0.2) is 4.79 Å². The lowest BCUT2D eigenvalue weighted by molar-refractivity contribution is 0.103. The second-order valence-corrected chi connectivity index (χ2v) is 7.20. The number of anilines is 3. The largest absolute Gasteiger partial charge is 0.380 e. The summed E-state index contributed by atoms with van der Waals surface area (Å²) in [5.41, 5.74) is 4.30. The maximum atomic E-state index is 13.0. The molecule has 0 fully saturated rings. The first-order chi connectivity index (χ1) is 15.7. The van der Waals surface area contributed by atoms with Gasteiger partial charge in [-0.05, 0) is 35.9 Å². The van der Waals surface area contributed by atoms with Crippen molar-refractivity contribution in [1.82, 2.24) is 0 Å². The zero-order valence-electron chi connectivity index (χ0n) is 17.4. The van der Waals surface area contributed by atoms with Gasteiger partial charge in [0.2, 0.25) is 0 Å². The molecule has 5 heteroatoms. The summed E-state index contributed by atoms with van der Waals surface area (Å²) in [7, 11) is 0. The summed E-state index contributed by atoms with van der Waals surface area (Å²) in [6.45, 7) is 0.445. The summed E-state index contributed by atoms with van der Waals surface area (Å²) in [6.07, 6.45) is 0. The Bertz CT molecular complexity index is 1210. The van der Waals surface area contributed by atoms with E-state index >= 15 is 0 Å². The smallest absolute Gasteiger partial charge is 0.323 e. The molecule has 0 aromatic heterocycles. The number of rotatable bonds is 7. The molecule has 0 aliphatic heterocycles. The van der Waals surface area contributed by atoms with Crippen molar-refractivity contribution in [1.29, 1.82) is 0 Å². The van der Waals surface area contributed by atoms with Gasteiger partial charge >= 0.3 is 6.03 Å². The zero-order valence-corrected chi connectivity index (χ0v) is 17.4. The number of para-hydroxylation sites is 3. The molecule has 32 heavy (non-hydrogen) atoms. The van der Waals surface area contributed by atoms with Crippen LogP contribution in [0.15, 0.2) is 109 Å². The van der Waals surface area contributed by atoms with Crippen molar-refractivity contribution in [2.24, 2.45) is 0 Å². The van der Waals surface area contributed by atoms with Crippen molar-refractivity contribution in [3.63, 3.8) is 0 Å². The van der Waals surface area contributed by atoms with Crippen molar-refractivity contribution in [3.8, 4) is 0 Å². The van der Waals surface area contributed by atoms with Crippen LogP contribution >= 0.6 is 0 Å². The molecule has 0 aliphatic carbocycles. The number of nitrogens with one attached hydrogen (secondary N) is 3. The Hall–Kier alpha value is -4.38. The van der Waals surface area contributed by atoms with E-state index in [0.717, 1.165) is 11.3 Å². The monoisotopic (exact) mass is 421 g/mol. The van der Waals surface area contributed by atoms with Crippen LogP contribution in [0.2, 0.25) is 0 Å². The molecule has 158 valence electrons. The van der Waals surface area contributed by atoms with Gasteiger partial charge in [0.05, 0.1) is 0 Å². The van der Waals surface area contributed by atoms with Gasteiger partial charge in [0.25, 0.3) is 0 Å². The molecule has 0 spiro atoms. The molecule has 0 atom stereocenters. The Morgan fingerprint density at radius 3 is 1.94 bits per heavy atom. The normalized spacial score (nSPS) is 10.2. The molecular weight excluding hydrogens is 398 g/mol. The highest BCUT2D eigenvalue weighted by molar-refractivity contribution is 6.12. The fourth-order valence-electron chi connectivity index (χ4n) is 3.37. The van der Waals surface area contributed by atoms with E-state index in [-0.39, 0.29) is 11.8 Å². The predicted molar refractivity (Wildman–Crippen MR) is 129 cm³/mol. The lowest BCUT2D eigenvalue weighted by Crippen LogP contribution is -2.20. The highest BCUT2D eigenvalue weighted by Crippen LogP contribution is 2.22. The third-order valence-electron chi connectivity index (χ3n) is 4.97. The first-order valence-electron chi connectivity index (χ1n) is 10.3. The molecule has 0 bridgehead atoms. The summed E-state index contributed by atoms with van der Waals surface area (Å²) >= 11 is 0. The first-order valence-corrected chi connectivity index (χ1v) is 10.3. The minimum Gasteiger partial charge on any atom is -0.380 e. The molecule has 0 radical (unpaired) electrons. The van der Waals surface area contributed by atoms with Crippen LogP contribution in [-0.2, 0) is 6.54 Å². The Labute approximate surface area is 187 Å². The highest BCUT2D eigenvalue weighted by Gasteiger charge is 2.13. The minimum absolute atomic E-state index is 0.0395. The topological polar surface area (TPSA) is 70.2 Å². The minimum atomic E-state index is -0.316. The Morgan fingerprint density at radius 2 is 1.19 bits per heavy atom. The fourth-order valence-corrected chi connectivity index (χ4v) is 3.37. The number of ketones is 1. The summed E-state index contributed by atoms with van der Waals surface area (Å²) in [5.74, 6) is -0.0395. The molecule has 0 saturated heterocycles. The Morgan fingerprint density at radius 1 is 0.594 bits per heavy atom. The van der Waals surface area contributed by atoms with Crippen LogP contribution in [0.3, 0.4) is 0 Å². The van der Waals surface area contributed by atoms with Crippen LogP contribution in [0.4, 0.5) is 21.9 Å². The second kappa shape index (κ2) is 10.1. The third kappa shape index (κ3) is 5.21. The first kappa shape index (κ1) is 20.9. The molecular formula is C27H23N3O2. The molecule has 0 aliphatic rings. The molecule has 5 nitrogen and oxygen atoms in total. The van der Waals surface area contributed by atoms with Gasteiger partial charge in [0, 0.05) is 34.7 Å². The third-order valence-corrected chi connectivity index (χ3v) is 4.97. The molecule has 4 rings (SSSR count). The molecule has 2 amide bonds. The van der Waals surface area contributed by atoms with Crippen LogP contribution in [0.1, 0.15) is 21.5 Å². The van der Waals surface area contributed by atoms with Crippen molar-refractivity contribution in [3.05, 3.63) is 126 Å². The van der Waals surface area contributed by atoms with E-state index in [1.165, 1.54) is 0 Å². The van der Waals surface area contributed by atoms with Gasteiger partial charge in [-0.15, -0.1) is 0 Å². The van der Waals surface area contributed by atoms with Crippen molar-refractivity contribution in [2.75, 3.05) is 16.0 Å². The van der Waals surface area contributed by atoms with Gasteiger partial charge in [-0.1, -0.05) is 78.9 Å². The maximum absolute atomic E-state index is 13.0. The summed E-state index contributed by atoms with van der Waals surface area (Å²) < 4.78 is 0. The van der Waals surface area contributed by atoms with E-state index in [1.54, 1.807) is 0 Å². The standard InChI is InChI=1S/C27H23N3O2/c31-26(20-11-3-1-4-12-20)23-16-8-10-18-25(23)28-19-21-13-7-9-17-24(21)30-27(32)29-22-14-5-2-6-15-22/h1-18,28H,19H2,(H2,29,30,32). The van der Waals surface area contributed by atoms with Gasteiger partial charge < -0.3 is 16.0 Å². The van der Waals surface area contributed by atoms with Crippen molar-refractivity contribution < 1.29 is 9.59 Å². The zero-order chi connectivity index (χ0) is 22.2. The predicted octanol–water partition coefficient (Wildman–Crippen LogP) is 6.17. The molecule has 0 heterocycles. The fraction of sp³-hybridized carbons (Fsp3) is 0.0370.